The van der Waals surface area contributed by atoms with E-state index >= 15 is 0 Å². The van der Waals surface area contributed by atoms with E-state index in [2.05, 4.69) is 5.10 Å². The molecule has 22 heavy (non-hydrogen) atoms. The predicted molar refractivity (Wildman–Crippen MR) is 84.1 cm³/mol. The average molecular weight is 303 g/mol. The number of ether oxygens (including phenoxy) is 1. The number of benzene rings is 1. The van der Waals surface area contributed by atoms with Crippen LogP contribution >= 0.6 is 0 Å². The van der Waals surface area contributed by atoms with Gasteiger partial charge >= 0.3 is 0 Å². The maximum atomic E-state index is 12.5. The Morgan fingerprint density at radius 3 is 2.45 bits per heavy atom. The Kier molecular flexibility index (Phi) is 4.92. The minimum atomic E-state index is -0.263. The van der Waals surface area contributed by atoms with E-state index < -0.39 is 0 Å². The molecule has 0 unspecified atom stereocenters. The molecule has 1 aliphatic rings. The van der Waals surface area contributed by atoms with Gasteiger partial charge in [0.25, 0.3) is 11.8 Å². The van der Waals surface area contributed by atoms with Crippen molar-refractivity contribution in [1.29, 1.82) is 0 Å². The van der Waals surface area contributed by atoms with Crippen molar-refractivity contribution in [3.63, 3.8) is 0 Å². The molecule has 0 aliphatic carbocycles. The van der Waals surface area contributed by atoms with E-state index in [0.717, 1.165) is 5.56 Å². The first-order valence-corrected chi connectivity index (χ1v) is 7.32. The minimum Gasteiger partial charge on any atom is -0.377 e. The van der Waals surface area contributed by atoms with Crippen LogP contribution in [-0.2, 0) is 11.3 Å². The van der Waals surface area contributed by atoms with E-state index in [-0.39, 0.29) is 11.8 Å². The molecule has 0 atom stereocenters. The number of hydrogen-bond donors (Lipinski definition) is 0. The molecule has 0 fully saturated rings. The molecule has 1 heterocycles. The highest BCUT2D eigenvalue weighted by molar-refractivity contribution is 6.24. The second kappa shape index (κ2) is 6.70. The number of rotatable bonds is 6. The lowest BCUT2D eigenvalue weighted by Crippen LogP contribution is -2.29. The van der Waals surface area contributed by atoms with Crippen LogP contribution in [0.1, 0.15) is 45.7 Å². The number of imide groups is 1. The summed E-state index contributed by atoms with van der Waals surface area (Å²) >= 11 is 0. The van der Waals surface area contributed by atoms with E-state index in [1.165, 1.54) is 4.90 Å². The van der Waals surface area contributed by atoms with Crippen molar-refractivity contribution in [3.05, 3.63) is 34.4 Å². The van der Waals surface area contributed by atoms with Gasteiger partial charge in [-0.15, -0.1) is 0 Å². The fourth-order valence-corrected chi connectivity index (χ4v) is 2.40. The number of hydrogen-bond acceptors (Lipinski definition) is 5. The van der Waals surface area contributed by atoms with Crippen LogP contribution in [0, 0.1) is 0 Å². The normalized spacial score (nSPS) is 14.1. The summed E-state index contributed by atoms with van der Waals surface area (Å²) in [5, 5.41) is 5.81. The van der Waals surface area contributed by atoms with Crippen molar-refractivity contribution in [2.75, 3.05) is 27.2 Å². The Hall–Kier alpha value is -2.21. The zero-order chi connectivity index (χ0) is 16.3. The molecule has 6 nitrogen and oxygen atoms in total. The molecular weight excluding hydrogens is 282 g/mol. The summed E-state index contributed by atoms with van der Waals surface area (Å²) in [5.74, 6) is -0.515. The van der Waals surface area contributed by atoms with Crippen molar-refractivity contribution >= 4 is 18.0 Å². The lowest BCUT2D eigenvalue weighted by molar-refractivity contribution is 0.0660. The third-order valence-corrected chi connectivity index (χ3v) is 3.45. The Morgan fingerprint density at radius 1 is 1.18 bits per heavy atom. The molecule has 2 amide bonds. The molecule has 0 N–H and O–H groups in total. The molecule has 1 aromatic carbocycles. The molecule has 0 radical (unpaired) electrons. The van der Waals surface area contributed by atoms with Crippen LogP contribution in [0.3, 0.4) is 0 Å². The Morgan fingerprint density at radius 2 is 1.86 bits per heavy atom. The molecule has 118 valence electrons. The second-order valence-electron chi connectivity index (χ2n) is 5.15. The van der Waals surface area contributed by atoms with E-state index in [0.29, 0.717) is 36.4 Å². The Balaban J connectivity index is 2.55. The topological polar surface area (TPSA) is 62.2 Å². The van der Waals surface area contributed by atoms with Crippen LogP contribution in [0.15, 0.2) is 17.2 Å². The molecule has 0 bridgehead atoms. The number of amides is 2. The van der Waals surface area contributed by atoms with E-state index in [4.69, 9.17) is 4.74 Å². The van der Waals surface area contributed by atoms with Crippen LogP contribution in [0.2, 0.25) is 0 Å². The van der Waals surface area contributed by atoms with Crippen molar-refractivity contribution in [2.24, 2.45) is 5.10 Å². The van der Waals surface area contributed by atoms with Gasteiger partial charge in [-0.25, -0.2) is 0 Å². The quantitative estimate of drug-likeness (QED) is 0.456. The van der Waals surface area contributed by atoms with Gasteiger partial charge in [0, 0.05) is 32.8 Å². The first kappa shape index (κ1) is 16.2. The standard InChI is InChI=1S/C16H21N3O3/c1-5-19-15(20)13-11(9-17-18(3)4)7-8-12(10-22-6-2)14(13)16(19)21/h7-9H,5-6,10H2,1-4H3/b17-9+. The summed E-state index contributed by atoms with van der Waals surface area (Å²) in [5.41, 5.74) is 2.27. The smallest absolute Gasteiger partial charge is 0.262 e. The van der Waals surface area contributed by atoms with Gasteiger partial charge in [-0.2, -0.15) is 5.10 Å². The molecule has 2 rings (SSSR count). The van der Waals surface area contributed by atoms with Gasteiger partial charge in [-0.05, 0) is 19.4 Å². The first-order chi connectivity index (χ1) is 10.5. The summed E-state index contributed by atoms with van der Waals surface area (Å²) in [6.07, 6.45) is 1.60. The van der Waals surface area contributed by atoms with Crippen LogP contribution in [0.5, 0.6) is 0 Å². The number of carbonyl (C=O) groups is 2. The molecule has 6 heteroatoms. The van der Waals surface area contributed by atoms with Gasteiger partial charge in [0.15, 0.2) is 0 Å². The monoisotopic (exact) mass is 303 g/mol. The van der Waals surface area contributed by atoms with Gasteiger partial charge in [0.2, 0.25) is 0 Å². The van der Waals surface area contributed by atoms with Gasteiger partial charge in [-0.1, -0.05) is 12.1 Å². The highest BCUT2D eigenvalue weighted by atomic mass is 16.5. The van der Waals surface area contributed by atoms with Crippen LogP contribution in [0.4, 0.5) is 0 Å². The number of hydrazone groups is 1. The fourth-order valence-electron chi connectivity index (χ4n) is 2.40. The van der Waals surface area contributed by atoms with Crippen LogP contribution in [-0.4, -0.2) is 55.2 Å². The van der Waals surface area contributed by atoms with Crippen molar-refractivity contribution < 1.29 is 14.3 Å². The third kappa shape index (κ3) is 2.87. The van der Waals surface area contributed by atoms with E-state index in [9.17, 15) is 9.59 Å². The maximum absolute atomic E-state index is 12.5. The summed E-state index contributed by atoms with van der Waals surface area (Å²) in [7, 11) is 3.59. The number of carbonyl (C=O) groups excluding carboxylic acids is 2. The summed E-state index contributed by atoms with van der Waals surface area (Å²) in [6.45, 7) is 4.91. The maximum Gasteiger partial charge on any atom is 0.262 e. The summed E-state index contributed by atoms with van der Waals surface area (Å²) in [6, 6.07) is 3.64. The molecule has 0 saturated carbocycles. The van der Waals surface area contributed by atoms with Gasteiger partial charge in [0.1, 0.15) is 0 Å². The van der Waals surface area contributed by atoms with Crippen molar-refractivity contribution in [1.82, 2.24) is 9.91 Å². The van der Waals surface area contributed by atoms with Gasteiger partial charge < -0.3 is 9.75 Å². The molecule has 0 spiro atoms. The van der Waals surface area contributed by atoms with E-state index in [1.807, 2.05) is 19.1 Å². The van der Waals surface area contributed by atoms with Crippen LogP contribution in [0.25, 0.3) is 0 Å². The zero-order valence-electron chi connectivity index (χ0n) is 13.4. The third-order valence-electron chi connectivity index (χ3n) is 3.45. The SMILES string of the molecule is CCOCc1ccc(/C=N/N(C)C)c2c1C(=O)N(CC)C2=O. The molecule has 1 aliphatic heterocycles. The molecule has 0 saturated heterocycles. The fraction of sp³-hybridized carbons (Fsp3) is 0.438. The lowest BCUT2D eigenvalue weighted by atomic mass is 9.98. The second-order valence-corrected chi connectivity index (χ2v) is 5.15. The molecule has 0 aromatic heterocycles. The Labute approximate surface area is 130 Å². The van der Waals surface area contributed by atoms with E-state index in [1.54, 1.807) is 32.2 Å². The lowest BCUT2D eigenvalue weighted by Gasteiger charge is -2.09. The average Bonchev–Trinajstić information content (AvgIpc) is 2.75. The van der Waals surface area contributed by atoms with Crippen molar-refractivity contribution in [2.45, 2.75) is 20.5 Å². The van der Waals surface area contributed by atoms with Gasteiger partial charge in [-0.3, -0.25) is 14.5 Å². The number of nitrogens with zero attached hydrogens (tertiary/aromatic N) is 3. The first-order valence-electron chi connectivity index (χ1n) is 7.32. The minimum absolute atomic E-state index is 0.252. The summed E-state index contributed by atoms with van der Waals surface area (Å²) in [4.78, 5) is 26.3. The highest BCUT2D eigenvalue weighted by Crippen LogP contribution is 2.29. The van der Waals surface area contributed by atoms with Gasteiger partial charge in [0.05, 0.1) is 23.9 Å². The number of fused-ring (bicyclic) bond motifs is 1. The Bertz CT molecular complexity index is 623. The predicted octanol–water partition coefficient (Wildman–Crippen LogP) is 1.73. The highest BCUT2D eigenvalue weighted by Gasteiger charge is 2.38. The van der Waals surface area contributed by atoms with Crippen LogP contribution < -0.4 is 0 Å². The molecule has 1 aromatic rings. The largest absolute Gasteiger partial charge is 0.377 e. The zero-order valence-corrected chi connectivity index (χ0v) is 13.4. The van der Waals surface area contributed by atoms with Crippen molar-refractivity contribution in [3.8, 4) is 0 Å². The molecular formula is C16H21N3O3. The summed E-state index contributed by atoms with van der Waals surface area (Å²) < 4.78 is 5.41.